The Morgan fingerprint density at radius 1 is 1.36 bits per heavy atom. The van der Waals surface area contributed by atoms with Gasteiger partial charge in [0.05, 0.1) is 5.75 Å². The molecule has 3 nitrogen and oxygen atoms in total. The third-order valence-electron chi connectivity index (χ3n) is 2.24. The molecule has 0 amide bonds. The van der Waals surface area contributed by atoms with Crippen LogP contribution in [0.5, 0.6) is 0 Å². The summed E-state index contributed by atoms with van der Waals surface area (Å²) < 4.78 is 24.3. The Balaban J connectivity index is 2.75. The highest BCUT2D eigenvalue weighted by molar-refractivity contribution is 7.89. The summed E-state index contributed by atoms with van der Waals surface area (Å²) in [4.78, 5) is 0. The van der Waals surface area contributed by atoms with E-state index in [0.717, 1.165) is 6.42 Å². The standard InChI is InChI=1S/C7H15NO2S/c1-4-11(9,10)8-6(2)5-7(8)3/h6-7H,4-5H2,1-3H3. The summed E-state index contributed by atoms with van der Waals surface area (Å²) in [7, 11) is -2.93. The summed E-state index contributed by atoms with van der Waals surface area (Å²) in [6.45, 7) is 5.59. The van der Waals surface area contributed by atoms with Gasteiger partial charge in [-0.05, 0) is 27.2 Å². The largest absolute Gasteiger partial charge is 0.214 e. The van der Waals surface area contributed by atoms with E-state index >= 15 is 0 Å². The molecule has 1 heterocycles. The van der Waals surface area contributed by atoms with E-state index in [4.69, 9.17) is 0 Å². The van der Waals surface area contributed by atoms with Gasteiger partial charge in [-0.2, -0.15) is 4.31 Å². The fourth-order valence-corrected chi connectivity index (χ4v) is 3.26. The van der Waals surface area contributed by atoms with E-state index in [9.17, 15) is 8.42 Å². The molecule has 0 saturated carbocycles. The smallest absolute Gasteiger partial charge is 0.212 e. The lowest BCUT2D eigenvalue weighted by Crippen LogP contribution is -2.55. The minimum absolute atomic E-state index is 0.218. The first-order valence-corrected chi connectivity index (χ1v) is 5.61. The molecule has 2 unspecified atom stereocenters. The van der Waals surface area contributed by atoms with E-state index in [0.29, 0.717) is 0 Å². The summed E-state index contributed by atoms with van der Waals surface area (Å²) in [5, 5.41) is 0. The van der Waals surface area contributed by atoms with Crippen molar-refractivity contribution in [2.75, 3.05) is 5.75 Å². The predicted molar refractivity (Wildman–Crippen MR) is 44.8 cm³/mol. The molecule has 1 aliphatic heterocycles. The summed E-state index contributed by atoms with van der Waals surface area (Å²) in [5.41, 5.74) is 0. The summed E-state index contributed by atoms with van der Waals surface area (Å²) in [6, 6.07) is 0.435. The van der Waals surface area contributed by atoms with Crippen LogP contribution >= 0.6 is 0 Å². The van der Waals surface area contributed by atoms with Crippen LogP contribution in [0, 0.1) is 0 Å². The molecule has 2 atom stereocenters. The second-order valence-electron chi connectivity index (χ2n) is 3.16. The lowest BCUT2D eigenvalue weighted by Gasteiger charge is -2.43. The number of hydrogen-bond donors (Lipinski definition) is 0. The number of nitrogens with zero attached hydrogens (tertiary/aromatic N) is 1. The highest BCUT2D eigenvalue weighted by Crippen LogP contribution is 2.28. The average molecular weight is 177 g/mol. The predicted octanol–water partition coefficient (Wildman–Crippen LogP) is 0.819. The fourth-order valence-electron chi connectivity index (χ4n) is 1.70. The van der Waals surface area contributed by atoms with Crippen molar-refractivity contribution >= 4 is 10.0 Å². The van der Waals surface area contributed by atoms with Gasteiger partial charge in [0.25, 0.3) is 0 Å². The normalized spacial score (nSPS) is 33.4. The first-order chi connectivity index (χ1) is 4.99. The maximum Gasteiger partial charge on any atom is 0.214 e. The molecule has 0 aromatic heterocycles. The van der Waals surface area contributed by atoms with Crippen molar-refractivity contribution < 1.29 is 8.42 Å². The van der Waals surface area contributed by atoms with Gasteiger partial charge in [0, 0.05) is 12.1 Å². The number of sulfonamides is 1. The SMILES string of the molecule is CCS(=O)(=O)N1C(C)CC1C. The molecule has 0 N–H and O–H groups in total. The van der Waals surface area contributed by atoms with Gasteiger partial charge in [0.2, 0.25) is 10.0 Å². The summed E-state index contributed by atoms with van der Waals surface area (Å²) >= 11 is 0. The molecule has 1 rings (SSSR count). The lowest BCUT2D eigenvalue weighted by molar-refractivity contribution is 0.139. The van der Waals surface area contributed by atoms with E-state index in [1.54, 1.807) is 11.2 Å². The van der Waals surface area contributed by atoms with Gasteiger partial charge in [-0.25, -0.2) is 8.42 Å². The number of hydrogen-bond acceptors (Lipinski definition) is 2. The van der Waals surface area contributed by atoms with Gasteiger partial charge in [-0.1, -0.05) is 0 Å². The first-order valence-electron chi connectivity index (χ1n) is 4.00. The van der Waals surface area contributed by atoms with Crippen LogP contribution in [0.1, 0.15) is 27.2 Å². The molecule has 11 heavy (non-hydrogen) atoms. The summed E-state index contributed by atoms with van der Waals surface area (Å²) in [6.07, 6.45) is 0.999. The van der Waals surface area contributed by atoms with Crippen molar-refractivity contribution in [3.8, 4) is 0 Å². The van der Waals surface area contributed by atoms with Gasteiger partial charge in [-0.3, -0.25) is 0 Å². The van der Waals surface area contributed by atoms with Crippen LogP contribution in [-0.4, -0.2) is 30.6 Å². The molecule has 0 bridgehead atoms. The van der Waals surface area contributed by atoms with Gasteiger partial charge in [0.1, 0.15) is 0 Å². The van der Waals surface area contributed by atoms with Crippen molar-refractivity contribution in [1.29, 1.82) is 0 Å². The minimum Gasteiger partial charge on any atom is -0.212 e. The fraction of sp³-hybridized carbons (Fsp3) is 1.00. The quantitative estimate of drug-likeness (QED) is 0.626. The lowest BCUT2D eigenvalue weighted by atomic mass is 10.0. The Labute approximate surface area is 68.4 Å². The van der Waals surface area contributed by atoms with Crippen molar-refractivity contribution in [2.24, 2.45) is 0 Å². The Morgan fingerprint density at radius 2 is 1.82 bits per heavy atom. The molecule has 4 heteroatoms. The van der Waals surface area contributed by atoms with E-state index in [1.165, 1.54) is 0 Å². The van der Waals surface area contributed by atoms with Gasteiger partial charge in [0.15, 0.2) is 0 Å². The maximum atomic E-state index is 11.3. The highest BCUT2D eigenvalue weighted by Gasteiger charge is 2.39. The Bertz CT molecular complexity index is 227. The average Bonchev–Trinajstić information content (AvgIpc) is 1.86. The molecule has 1 aliphatic rings. The van der Waals surface area contributed by atoms with Crippen molar-refractivity contribution in [3.63, 3.8) is 0 Å². The topological polar surface area (TPSA) is 37.4 Å². The van der Waals surface area contributed by atoms with E-state index in [2.05, 4.69) is 0 Å². The molecular weight excluding hydrogens is 162 g/mol. The van der Waals surface area contributed by atoms with Gasteiger partial charge < -0.3 is 0 Å². The zero-order valence-electron chi connectivity index (χ0n) is 7.24. The third-order valence-corrected chi connectivity index (χ3v) is 4.33. The molecular formula is C7H15NO2S. The van der Waals surface area contributed by atoms with Crippen LogP contribution in [0.4, 0.5) is 0 Å². The number of rotatable bonds is 2. The van der Waals surface area contributed by atoms with Crippen LogP contribution in [0.2, 0.25) is 0 Å². The molecule has 0 aromatic rings. The third kappa shape index (κ3) is 1.42. The maximum absolute atomic E-state index is 11.3. The van der Waals surface area contributed by atoms with E-state index in [-0.39, 0.29) is 17.8 Å². The van der Waals surface area contributed by atoms with Crippen LogP contribution in [0.3, 0.4) is 0 Å². The monoisotopic (exact) mass is 177 g/mol. The molecule has 0 radical (unpaired) electrons. The Hall–Kier alpha value is -0.0900. The molecule has 1 fully saturated rings. The van der Waals surface area contributed by atoms with Crippen molar-refractivity contribution in [1.82, 2.24) is 4.31 Å². The second kappa shape index (κ2) is 2.75. The molecule has 0 spiro atoms. The highest BCUT2D eigenvalue weighted by atomic mass is 32.2. The Kier molecular flexibility index (Phi) is 2.25. The second-order valence-corrected chi connectivity index (χ2v) is 5.33. The van der Waals surface area contributed by atoms with Crippen LogP contribution in [0.25, 0.3) is 0 Å². The van der Waals surface area contributed by atoms with Crippen LogP contribution < -0.4 is 0 Å². The molecule has 0 aliphatic carbocycles. The molecule has 66 valence electrons. The zero-order valence-corrected chi connectivity index (χ0v) is 8.06. The minimum atomic E-state index is -2.93. The first kappa shape index (κ1) is 9.00. The van der Waals surface area contributed by atoms with E-state index < -0.39 is 10.0 Å². The Morgan fingerprint density at radius 3 is 2.00 bits per heavy atom. The van der Waals surface area contributed by atoms with Gasteiger partial charge >= 0.3 is 0 Å². The van der Waals surface area contributed by atoms with Crippen LogP contribution in [-0.2, 0) is 10.0 Å². The molecule has 1 saturated heterocycles. The van der Waals surface area contributed by atoms with Crippen LogP contribution in [0.15, 0.2) is 0 Å². The van der Waals surface area contributed by atoms with Gasteiger partial charge in [-0.15, -0.1) is 0 Å². The summed E-state index contributed by atoms with van der Waals surface area (Å²) in [5.74, 6) is 0.224. The zero-order chi connectivity index (χ0) is 8.65. The molecule has 0 aromatic carbocycles. The van der Waals surface area contributed by atoms with Crippen molar-refractivity contribution in [3.05, 3.63) is 0 Å². The van der Waals surface area contributed by atoms with E-state index in [1.807, 2.05) is 13.8 Å². The van der Waals surface area contributed by atoms with Crippen molar-refractivity contribution in [2.45, 2.75) is 39.3 Å².